The van der Waals surface area contributed by atoms with Crippen molar-refractivity contribution in [3.05, 3.63) is 29.8 Å². The number of hydrogen-bond donors (Lipinski definition) is 1. The first-order valence-electron chi connectivity index (χ1n) is 6.75. The lowest BCUT2D eigenvalue weighted by Crippen LogP contribution is -2.15. The van der Waals surface area contributed by atoms with Gasteiger partial charge in [0.05, 0.1) is 0 Å². The summed E-state index contributed by atoms with van der Waals surface area (Å²) in [6.07, 6.45) is 5.08. The molecule has 2 aliphatic rings. The predicted molar refractivity (Wildman–Crippen MR) is 73.6 cm³/mol. The number of amides is 1. The fourth-order valence-electron chi connectivity index (χ4n) is 3.34. The number of hydrogen-bond acceptors (Lipinski definition) is 1. The summed E-state index contributed by atoms with van der Waals surface area (Å²) in [4.78, 5) is 12.2. The van der Waals surface area contributed by atoms with E-state index in [9.17, 15) is 4.79 Å². The second-order valence-electron chi connectivity index (χ2n) is 5.46. The van der Waals surface area contributed by atoms with Gasteiger partial charge in [-0.2, -0.15) is 0 Å². The van der Waals surface area contributed by atoms with Crippen LogP contribution < -0.4 is 5.32 Å². The van der Waals surface area contributed by atoms with E-state index in [4.69, 9.17) is 11.6 Å². The van der Waals surface area contributed by atoms with Crippen LogP contribution in [-0.2, 0) is 10.7 Å². The van der Waals surface area contributed by atoms with Gasteiger partial charge in [-0.05, 0) is 42.4 Å². The van der Waals surface area contributed by atoms with Gasteiger partial charge in [0.1, 0.15) is 0 Å². The monoisotopic (exact) mass is 263 g/mol. The molecule has 3 heteroatoms. The molecule has 1 aromatic rings. The Morgan fingerprint density at radius 2 is 2.00 bits per heavy atom. The molecule has 2 aliphatic carbocycles. The second kappa shape index (κ2) is 4.93. The molecule has 2 nitrogen and oxygen atoms in total. The number of alkyl halides is 1. The van der Waals surface area contributed by atoms with Crippen LogP contribution >= 0.6 is 11.6 Å². The van der Waals surface area contributed by atoms with Crippen LogP contribution in [0.2, 0.25) is 0 Å². The van der Waals surface area contributed by atoms with Crippen molar-refractivity contribution in [1.29, 1.82) is 0 Å². The third-order valence-electron chi connectivity index (χ3n) is 4.31. The Morgan fingerprint density at radius 1 is 1.28 bits per heavy atom. The van der Waals surface area contributed by atoms with E-state index < -0.39 is 0 Å². The highest BCUT2D eigenvalue weighted by atomic mass is 35.5. The summed E-state index contributed by atoms with van der Waals surface area (Å²) in [5, 5.41) is 3.04. The van der Waals surface area contributed by atoms with Gasteiger partial charge in [0.15, 0.2) is 0 Å². The minimum absolute atomic E-state index is 0.207. The maximum absolute atomic E-state index is 12.2. The zero-order chi connectivity index (χ0) is 12.5. The zero-order valence-electron chi connectivity index (χ0n) is 10.4. The van der Waals surface area contributed by atoms with Crippen molar-refractivity contribution in [1.82, 2.24) is 0 Å². The van der Waals surface area contributed by atoms with Crippen molar-refractivity contribution >= 4 is 23.2 Å². The van der Waals surface area contributed by atoms with Crippen LogP contribution in [0.25, 0.3) is 0 Å². The first kappa shape index (κ1) is 12.0. The van der Waals surface area contributed by atoms with Gasteiger partial charge < -0.3 is 5.32 Å². The lowest BCUT2D eigenvalue weighted by Gasteiger charge is -2.06. The van der Waals surface area contributed by atoms with Gasteiger partial charge in [0, 0.05) is 17.5 Å². The number of anilines is 1. The van der Waals surface area contributed by atoms with E-state index in [1.807, 2.05) is 24.3 Å². The Bertz CT molecular complexity index is 448. The van der Waals surface area contributed by atoms with Crippen LogP contribution in [0.15, 0.2) is 24.3 Å². The molecule has 2 unspecified atom stereocenters. The largest absolute Gasteiger partial charge is 0.326 e. The Balaban J connectivity index is 1.64. The maximum atomic E-state index is 12.2. The van der Waals surface area contributed by atoms with E-state index in [0.29, 0.717) is 17.7 Å². The lowest BCUT2D eigenvalue weighted by molar-refractivity contribution is -0.117. The number of benzene rings is 1. The molecule has 0 radical (unpaired) electrons. The molecule has 2 atom stereocenters. The fraction of sp³-hybridized carbons (Fsp3) is 0.533. The van der Waals surface area contributed by atoms with Crippen LogP contribution in [0.4, 0.5) is 5.69 Å². The second-order valence-corrected chi connectivity index (χ2v) is 5.73. The average molecular weight is 264 g/mol. The Kier molecular flexibility index (Phi) is 3.29. The molecular formula is C15H18ClNO. The molecule has 2 fully saturated rings. The molecule has 0 bridgehead atoms. The van der Waals surface area contributed by atoms with Crippen molar-refractivity contribution in [2.75, 3.05) is 5.32 Å². The van der Waals surface area contributed by atoms with Crippen molar-refractivity contribution in [2.24, 2.45) is 17.8 Å². The highest BCUT2D eigenvalue weighted by Crippen LogP contribution is 2.55. The summed E-state index contributed by atoms with van der Waals surface area (Å²) in [5.41, 5.74) is 1.92. The normalized spacial score (nSPS) is 29.5. The highest BCUT2D eigenvalue weighted by Gasteiger charge is 2.54. The fourth-order valence-corrected chi connectivity index (χ4v) is 3.51. The molecule has 0 heterocycles. The van der Waals surface area contributed by atoms with Gasteiger partial charge in [0.2, 0.25) is 5.91 Å². The molecule has 1 N–H and O–H groups in total. The molecule has 2 saturated carbocycles. The lowest BCUT2D eigenvalue weighted by atomic mass is 10.0. The summed E-state index contributed by atoms with van der Waals surface area (Å²) in [5.74, 6) is 2.29. The Morgan fingerprint density at radius 3 is 2.67 bits per heavy atom. The molecule has 96 valence electrons. The molecule has 0 aliphatic heterocycles. The summed E-state index contributed by atoms with van der Waals surface area (Å²) in [6.45, 7) is 0. The number of halogens is 1. The van der Waals surface area contributed by atoms with Crippen LogP contribution in [-0.4, -0.2) is 5.91 Å². The summed E-state index contributed by atoms with van der Waals surface area (Å²) >= 11 is 5.80. The van der Waals surface area contributed by atoms with Crippen LogP contribution in [0, 0.1) is 17.8 Å². The molecule has 3 rings (SSSR count). The third kappa shape index (κ3) is 2.26. The van der Waals surface area contributed by atoms with Crippen molar-refractivity contribution in [3.8, 4) is 0 Å². The number of carbonyl (C=O) groups is 1. The van der Waals surface area contributed by atoms with Crippen molar-refractivity contribution in [2.45, 2.75) is 31.6 Å². The predicted octanol–water partition coefficient (Wildman–Crippen LogP) is 3.80. The number of nitrogens with one attached hydrogen (secondary N) is 1. The number of carbonyl (C=O) groups excluding carboxylic acids is 1. The van der Waals surface area contributed by atoms with E-state index >= 15 is 0 Å². The highest BCUT2D eigenvalue weighted by molar-refractivity contribution is 6.17. The third-order valence-corrected chi connectivity index (χ3v) is 4.62. The van der Waals surface area contributed by atoms with Crippen LogP contribution in [0.5, 0.6) is 0 Å². The van der Waals surface area contributed by atoms with E-state index in [0.717, 1.165) is 11.3 Å². The molecule has 0 aromatic heterocycles. The van der Waals surface area contributed by atoms with E-state index in [2.05, 4.69) is 5.32 Å². The maximum Gasteiger partial charge on any atom is 0.228 e. The molecule has 1 amide bonds. The first-order valence-corrected chi connectivity index (χ1v) is 7.29. The smallest absolute Gasteiger partial charge is 0.228 e. The van der Waals surface area contributed by atoms with E-state index in [1.54, 1.807) is 0 Å². The van der Waals surface area contributed by atoms with Gasteiger partial charge in [-0.25, -0.2) is 0 Å². The number of rotatable bonds is 3. The molecule has 18 heavy (non-hydrogen) atoms. The van der Waals surface area contributed by atoms with Crippen molar-refractivity contribution < 1.29 is 4.79 Å². The first-order chi connectivity index (χ1) is 8.79. The molecular weight excluding hydrogens is 246 g/mol. The van der Waals surface area contributed by atoms with E-state index in [-0.39, 0.29) is 11.8 Å². The van der Waals surface area contributed by atoms with Crippen molar-refractivity contribution in [3.63, 3.8) is 0 Å². The van der Waals surface area contributed by atoms with Gasteiger partial charge in [-0.15, -0.1) is 11.6 Å². The zero-order valence-corrected chi connectivity index (χ0v) is 11.1. The Labute approximate surface area is 113 Å². The summed E-state index contributed by atoms with van der Waals surface area (Å²) in [7, 11) is 0. The standard InChI is InChI=1S/C15H18ClNO/c16-9-10-4-3-5-11(8-10)17-15(18)14-12-6-1-2-7-13(12)14/h3-5,8,12-14H,1-2,6-7,9H2,(H,17,18). The van der Waals surface area contributed by atoms with Gasteiger partial charge in [0.25, 0.3) is 0 Å². The average Bonchev–Trinajstić information content (AvgIpc) is 3.13. The quantitative estimate of drug-likeness (QED) is 0.826. The van der Waals surface area contributed by atoms with Gasteiger partial charge in [-0.1, -0.05) is 25.0 Å². The SMILES string of the molecule is O=C(Nc1cccc(CCl)c1)C1C2CCCCC21. The molecule has 0 saturated heterocycles. The molecule has 0 spiro atoms. The topological polar surface area (TPSA) is 29.1 Å². The summed E-state index contributed by atoms with van der Waals surface area (Å²) in [6, 6.07) is 7.80. The molecule has 1 aromatic carbocycles. The van der Waals surface area contributed by atoms with Gasteiger partial charge in [-0.3, -0.25) is 4.79 Å². The summed E-state index contributed by atoms with van der Waals surface area (Å²) < 4.78 is 0. The minimum atomic E-state index is 0.207. The van der Waals surface area contributed by atoms with Crippen LogP contribution in [0.1, 0.15) is 31.2 Å². The number of fused-ring (bicyclic) bond motifs is 1. The minimum Gasteiger partial charge on any atom is -0.326 e. The van der Waals surface area contributed by atoms with E-state index in [1.165, 1.54) is 25.7 Å². The van der Waals surface area contributed by atoms with Gasteiger partial charge >= 0.3 is 0 Å². The van der Waals surface area contributed by atoms with Crippen LogP contribution in [0.3, 0.4) is 0 Å². The Hall–Kier alpha value is -1.02.